The number of morpholine rings is 1. The van der Waals surface area contributed by atoms with Crippen LogP contribution in [0, 0.1) is 23.7 Å². The van der Waals surface area contributed by atoms with Gasteiger partial charge >= 0.3 is 5.97 Å². The van der Waals surface area contributed by atoms with Crippen molar-refractivity contribution in [2.75, 3.05) is 32.2 Å². The molecule has 5 unspecified atom stereocenters. The van der Waals surface area contributed by atoms with Crippen LogP contribution in [0.25, 0.3) is 0 Å². The highest BCUT2D eigenvalue weighted by Gasteiger charge is 2.54. The Bertz CT molecular complexity index is 1240. The fourth-order valence-corrected chi connectivity index (χ4v) is 7.11. The number of aromatic nitrogens is 1. The number of hydrogen-bond donors (Lipinski definition) is 4. The summed E-state index contributed by atoms with van der Waals surface area (Å²) in [6.07, 6.45) is 9.63. The van der Waals surface area contributed by atoms with Crippen LogP contribution in [0.5, 0.6) is 0 Å². The molecule has 7 atom stereocenters. The van der Waals surface area contributed by atoms with Crippen molar-refractivity contribution in [2.45, 2.75) is 63.2 Å². The molecule has 1 aliphatic heterocycles. The Morgan fingerprint density at radius 3 is 2.78 bits per heavy atom. The predicted molar refractivity (Wildman–Crippen MR) is 149 cm³/mol. The van der Waals surface area contributed by atoms with Gasteiger partial charge < -0.3 is 35.3 Å². The molecule has 4 N–H and O–H groups in total. The van der Waals surface area contributed by atoms with Gasteiger partial charge in [0.2, 0.25) is 17.7 Å². The van der Waals surface area contributed by atoms with E-state index in [9.17, 15) is 24.0 Å². The summed E-state index contributed by atoms with van der Waals surface area (Å²) in [7, 11) is 1.26. The molecule has 3 amide bonds. The van der Waals surface area contributed by atoms with Gasteiger partial charge in [-0.25, -0.2) is 4.79 Å². The van der Waals surface area contributed by atoms with Crippen molar-refractivity contribution in [3.63, 3.8) is 0 Å². The van der Waals surface area contributed by atoms with Crippen molar-refractivity contribution in [3.05, 3.63) is 40.8 Å². The van der Waals surface area contributed by atoms with Crippen molar-refractivity contribution in [1.29, 1.82) is 0 Å². The summed E-state index contributed by atoms with van der Waals surface area (Å²) in [6, 6.07) is 1.65. The Balaban J connectivity index is 1.21. The summed E-state index contributed by atoms with van der Waals surface area (Å²) in [5, 5.41) is 11.6. The van der Waals surface area contributed by atoms with Crippen LogP contribution in [0.15, 0.2) is 35.3 Å². The average Bonchev–Trinajstić information content (AvgIpc) is 3.39. The number of nitrogens with one attached hydrogen (secondary N) is 4. The molecule has 222 valence electrons. The first-order valence-electron chi connectivity index (χ1n) is 14.5. The molecular formula is C29H39N5O7. The third kappa shape index (κ3) is 6.87. The Kier molecular flexibility index (Phi) is 9.19. The highest BCUT2D eigenvalue weighted by molar-refractivity contribution is 5.97. The Morgan fingerprint density at radius 2 is 2.02 bits per heavy atom. The Morgan fingerprint density at radius 1 is 1.20 bits per heavy atom. The number of nitrogens with zero attached hydrogens (tertiary/aromatic N) is 1. The smallest absolute Gasteiger partial charge is 0.330 e. The molecule has 0 radical (unpaired) electrons. The van der Waals surface area contributed by atoms with E-state index in [-0.39, 0.29) is 37.2 Å². The second kappa shape index (κ2) is 13.0. The molecule has 12 heteroatoms. The summed E-state index contributed by atoms with van der Waals surface area (Å²) in [4.78, 5) is 63.6. The molecule has 2 heterocycles. The fourth-order valence-electron chi connectivity index (χ4n) is 7.11. The number of carbonyl (C=O) groups is 4. The Labute approximate surface area is 238 Å². The van der Waals surface area contributed by atoms with Crippen LogP contribution in [0.2, 0.25) is 0 Å². The number of methoxy groups -OCH3 is 1. The van der Waals surface area contributed by atoms with Gasteiger partial charge in [-0.1, -0.05) is 6.08 Å². The molecule has 1 aromatic rings. The maximum atomic E-state index is 13.3. The van der Waals surface area contributed by atoms with Gasteiger partial charge in [0.15, 0.2) is 0 Å². The topological polar surface area (TPSA) is 157 Å². The highest BCUT2D eigenvalue weighted by atomic mass is 16.5. The first-order chi connectivity index (χ1) is 19.8. The van der Waals surface area contributed by atoms with Crippen LogP contribution in [0.4, 0.5) is 5.69 Å². The molecular weight excluding hydrogens is 530 g/mol. The van der Waals surface area contributed by atoms with E-state index in [1.54, 1.807) is 12.1 Å². The molecule has 6 rings (SSSR count). The largest absolute Gasteiger partial charge is 0.466 e. The van der Waals surface area contributed by atoms with E-state index in [0.717, 1.165) is 11.8 Å². The molecule has 4 saturated carbocycles. The summed E-state index contributed by atoms with van der Waals surface area (Å²) >= 11 is 0. The van der Waals surface area contributed by atoms with E-state index in [4.69, 9.17) is 4.74 Å². The van der Waals surface area contributed by atoms with Crippen LogP contribution < -0.4 is 26.8 Å². The molecule has 0 spiro atoms. The number of hydrogen-bond acceptors (Lipinski definition) is 8. The molecule has 41 heavy (non-hydrogen) atoms. The summed E-state index contributed by atoms with van der Waals surface area (Å²) in [5.74, 6) is 0.892. The maximum Gasteiger partial charge on any atom is 0.330 e. The van der Waals surface area contributed by atoms with Gasteiger partial charge in [0.05, 0.1) is 20.3 Å². The first kappa shape index (κ1) is 29.0. The molecule has 1 aromatic heterocycles. The van der Waals surface area contributed by atoms with E-state index in [1.807, 2.05) is 0 Å². The second-order valence-corrected chi connectivity index (χ2v) is 11.6. The lowest BCUT2D eigenvalue weighted by Crippen LogP contribution is -2.55. The van der Waals surface area contributed by atoms with Gasteiger partial charge in [0.25, 0.3) is 5.56 Å². The van der Waals surface area contributed by atoms with Crippen molar-refractivity contribution < 1.29 is 28.7 Å². The van der Waals surface area contributed by atoms with Gasteiger partial charge in [0, 0.05) is 24.9 Å². The molecule has 5 fully saturated rings. The predicted octanol–water partition coefficient (Wildman–Crippen LogP) is 0.320. The highest BCUT2D eigenvalue weighted by Crippen LogP contribution is 2.58. The molecule has 1 saturated heterocycles. The monoisotopic (exact) mass is 569 g/mol. The number of ether oxygens (including phenoxy) is 2. The molecule has 4 bridgehead atoms. The number of anilines is 1. The third-order valence-corrected chi connectivity index (χ3v) is 8.93. The minimum atomic E-state index is -0.988. The Hall–Kier alpha value is -3.51. The zero-order valence-electron chi connectivity index (χ0n) is 23.3. The van der Waals surface area contributed by atoms with E-state index in [1.165, 1.54) is 55.7 Å². The summed E-state index contributed by atoms with van der Waals surface area (Å²) < 4.78 is 11.2. The van der Waals surface area contributed by atoms with Crippen molar-refractivity contribution in [3.8, 4) is 0 Å². The van der Waals surface area contributed by atoms with Crippen LogP contribution >= 0.6 is 0 Å². The normalized spacial score (nSPS) is 28.8. The standard InChI is InChI=1S/C29H39N5O7/c1-40-25(36)7-3-2-5-21(31-28(38)23-16-41-10-8-30-23)27(37)32-22-6-4-9-34(29(22)39)15-24(35)33-26-19-12-17-11-18(14-19)20(26)13-17/h3-4,6-7,9,17-21,23,26,30H,2,5,8,10-16H2,1H3,(H,31,38)(H,32,37)(H,33,35)/b7-3+/t17?,18?,19?,20?,21-,23+,26?/m0/s1. The number of rotatable bonds is 11. The zero-order valence-corrected chi connectivity index (χ0v) is 23.3. The van der Waals surface area contributed by atoms with Gasteiger partial charge in [0.1, 0.15) is 24.3 Å². The lowest BCUT2D eigenvalue weighted by Gasteiger charge is -2.32. The third-order valence-electron chi connectivity index (χ3n) is 8.93. The summed E-state index contributed by atoms with van der Waals surface area (Å²) in [5.41, 5.74) is -0.504. The average molecular weight is 570 g/mol. The van der Waals surface area contributed by atoms with Crippen molar-refractivity contribution in [1.82, 2.24) is 20.5 Å². The number of allylic oxidation sites excluding steroid dienone is 1. The second-order valence-electron chi connectivity index (χ2n) is 11.6. The van der Waals surface area contributed by atoms with Gasteiger partial charge in [-0.3, -0.25) is 19.2 Å². The SMILES string of the molecule is COC(=O)/C=C/CC[C@H](NC(=O)[C@H]1COCCN1)C(=O)Nc1cccn(CC(=O)NC2C3CC4CC(C3)C2C4)c1=O. The number of esters is 1. The van der Waals surface area contributed by atoms with Crippen molar-refractivity contribution >= 4 is 29.4 Å². The fraction of sp³-hybridized carbons (Fsp3) is 0.621. The molecule has 5 aliphatic rings. The van der Waals surface area contributed by atoms with Gasteiger partial charge in [-0.2, -0.15) is 0 Å². The zero-order chi connectivity index (χ0) is 28.9. The minimum Gasteiger partial charge on any atom is -0.466 e. The van der Waals surface area contributed by atoms with E-state index < -0.39 is 35.4 Å². The number of carbonyl (C=O) groups excluding carboxylic acids is 4. The summed E-state index contributed by atoms with van der Waals surface area (Å²) in [6.45, 7) is 1.04. The molecule has 4 aliphatic carbocycles. The number of amides is 3. The lowest BCUT2D eigenvalue weighted by molar-refractivity contribution is -0.135. The first-order valence-corrected chi connectivity index (χ1v) is 14.5. The van der Waals surface area contributed by atoms with E-state index in [2.05, 4.69) is 26.0 Å². The van der Waals surface area contributed by atoms with E-state index in [0.29, 0.717) is 31.4 Å². The van der Waals surface area contributed by atoms with Crippen LogP contribution in [-0.2, 0) is 35.2 Å². The van der Waals surface area contributed by atoms with Crippen LogP contribution in [-0.4, -0.2) is 73.3 Å². The lowest BCUT2D eigenvalue weighted by atomic mass is 9.79. The maximum absolute atomic E-state index is 13.3. The van der Waals surface area contributed by atoms with Crippen LogP contribution in [0.3, 0.4) is 0 Å². The van der Waals surface area contributed by atoms with Gasteiger partial charge in [-0.15, -0.1) is 0 Å². The van der Waals surface area contributed by atoms with E-state index >= 15 is 0 Å². The minimum absolute atomic E-state index is 0.00679. The molecule has 0 aromatic carbocycles. The molecule has 12 nitrogen and oxygen atoms in total. The quantitative estimate of drug-likeness (QED) is 0.219. The van der Waals surface area contributed by atoms with Crippen LogP contribution in [0.1, 0.15) is 38.5 Å². The van der Waals surface area contributed by atoms with Gasteiger partial charge in [-0.05, 0) is 74.3 Å². The van der Waals surface area contributed by atoms with Crippen molar-refractivity contribution in [2.24, 2.45) is 23.7 Å². The number of pyridine rings is 1.